The molecule has 0 aliphatic carbocycles. The number of hydrogen-bond acceptors (Lipinski definition) is 0. The molecule has 1 aromatic rings. The summed E-state index contributed by atoms with van der Waals surface area (Å²) in [5.41, 5.74) is 2.97. The summed E-state index contributed by atoms with van der Waals surface area (Å²) in [5, 5.41) is 0. The lowest BCUT2D eigenvalue weighted by Crippen LogP contribution is -2.17. The van der Waals surface area contributed by atoms with E-state index in [0.29, 0.717) is 0 Å². The second-order valence-corrected chi connectivity index (χ2v) is 4.16. The molecule has 1 rings (SSSR count). The summed E-state index contributed by atoms with van der Waals surface area (Å²) in [4.78, 5) is 0. The van der Waals surface area contributed by atoms with Gasteiger partial charge in [0, 0.05) is 0 Å². The fourth-order valence-corrected chi connectivity index (χ4v) is 1.18. The van der Waals surface area contributed by atoms with Crippen LogP contribution in [0.2, 0.25) is 6.82 Å². The van der Waals surface area contributed by atoms with E-state index in [9.17, 15) is 0 Å². The van der Waals surface area contributed by atoms with Gasteiger partial charge in [-0.1, -0.05) is 57.3 Å². The highest BCUT2D eigenvalue weighted by atomic mass is 14.2. The van der Waals surface area contributed by atoms with E-state index in [-0.39, 0.29) is 5.41 Å². The van der Waals surface area contributed by atoms with Crippen molar-refractivity contribution in [2.75, 3.05) is 0 Å². The third kappa shape index (κ3) is 2.13. The van der Waals surface area contributed by atoms with E-state index in [1.807, 2.05) is 0 Å². The molecule has 63 valence electrons. The standard InChI is InChI=1S/C11H16B/c1-11(2,3)9-6-5-7-10(8-9)12-4/h5-8H,1-4H3. The van der Waals surface area contributed by atoms with Crippen LogP contribution in [0.25, 0.3) is 0 Å². The Morgan fingerprint density at radius 3 is 2.33 bits per heavy atom. The van der Waals surface area contributed by atoms with Crippen LogP contribution in [0.5, 0.6) is 0 Å². The Kier molecular flexibility index (Phi) is 2.61. The summed E-state index contributed by atoms with van der Waals surface area (Å²) in [5.74, 6) is 0. The topological polar surface area (TPSA) is 0 Å². The molecule has 0 saturated heterocycles. The molecule has 1 radical (unpaired) electrons. The second-order valence-electron chi connectivity index (χ2n) is 4.16. The van der Waals surface area contributed by atoms with Crippen molar-refractivity contribution in [1.29, 1.82) is 0 Å². The molecule has 12 heavy (non-hydrogen) atoms. The van der Waals surface area contributed by atoms with Crippen molar-refractivity contribution in [1.82, 2.24) is 0 Å². The Morgan fingerprint density at radius 2 is 1.83 bits per heavy atom. The molecule has 0 N–H and O–H groups in total. The van der Waals surface area contributed by atoms with Gasteiger partial charge in [-0.2, -0.15) is 0 Å². The van der Waals surface area contributed by atoms with Gasteiger partial charge < -0.3 is 0 Å². The van der Waals surface area contributed by atoms with Gasteiger partial charge >= 0.3 is 0 Å². The molecule has 0 saturated carbocycles. The smallest absolute Gasteiger partial charge is 0.0878 e. The van der Waals surface area contributed by atoms with Crippen LogP contribution in [0.3, 0.4) is 0 Å². The van der Waals surface area contributed by atoms with Crippen LogP contribution in [0.1, 0.15) is 26.3 Å². The van der Waals surface area contributed by atoms with E-state index in [0.717, 1.165) is 0 Å². The molecule has 0 spiro atoms. The molecule has 0 unspecified atom stereocenters. The SMILES string of the molecule is C[B]c1cccc(C(C)(C)C)c1. The fourth-order valence-electron chi connectivity index (χ4n) is 1.18. The molecule has 0 atom stereocenters. The van der Waals surface area contributed by atoms with E-state index in [4.69, 9.17) is 0 Å². The maximum atomic E-state index is 2.25. The zero-order valence-corrected chi connectivity index (χ0v) is 8.39. The Labute approximate surface area is 76.2 Å². The zero-order chi connectivity index (χ0) is 9.19. The predicted molar refractivity (Wildman–Crippen MR) is 56.4 cm³/mol. The molecule has 0 aromatic heterocycles. The highest BCUT2D eigenvalue weighted by Gasteiger charge is 2.12. The molecule has 0 aliphatic heterocycles. The van der Waals surface area contributed by atoms with Crippen molar-refractivity contribution in [3.63, 3.8) is 0 Å². The number of benzene rings is 1. The molecule has 0 amide bonds. The molecule has 0 bridgehead atoms. The normalized spacial score (nSPS) is 11.3. The Bertz CT molecular complexity index is 258. The van der Waals surface area contributed by atoms with E-state index < -0.39 is 0 Å². The van der Waals surface area contributed by atoms with Crippen LogP contribution in [0.4, 0.5) is 0 Å². The van der Waals surface area contributed by atoms with Crippen LogP contribution < -0.4 is 5.46 Å². The lowest BCUT2D eigenvalue weighted by molar-refractivity contribution is 0.591. The van der Waals surface area contributed by atoms with Crippen LogP contribution >= 0.6 is 0 Å². The first-order valence-electron chi connectivity index (χ1n) is 4.44. The van der Waals surface area contributed by atoms with Crippen LogP contribution in [-0.4, -0.2) is 7.28 Å². The summed E-state index contributed by atoms with van der Waals surface area (Å²) >= 11 is 0. The van der Waals surface area contributed by atoms with E-state index in [1.165, 1.54) is 11.0 Å². The summed E-state index contributed by atoms with van der Waals surface area (Å²) in [7, 11) is 2.13. The average Bonchev–Trinajstić information content (AvgIpc) is 2.03. The Morgan fingerprint density at radius 1 is 1.17 bits per heavy atom. The van der Waals surface area contributed by atoms with Gasteiger partial charge in [0.2, 0.25) is 0 Å². The average molecular weight is 159 g/mol. The zero-order valence-electron chi connectivity index (χ0n) is 8.39. The van der Waals surface area contributed by atoms with Gasteiger partial charge in [-0.15, -0.1) is 0 Å². The highest BCUT2D eigenvalue weighted by molar-refractivity contribution is 6.51. The van der Waals surface area contributed by atoms with Crippen molar-refractivity contribution in [2.45, 2.75) is 33.0 Å². The van der Waals surface area contributed by atoms with Crippen LogP contribution in [0.15, 0.2) is 24.3 Å². The van der Waals surface area contributed by atoms with E-state index in [2.05, 4.69) is 59.1 Å². The molecule has 0 heterocycles. The minimum atomic E-state index is 0.263. The number of hydrogen-bond donors (Lipinski definition) is 0. The third-order valence-electron chi connectivity index (χ3n) is 2.09. The highest BCUT2D eigenvalue weighted by Crippen LogP contribution is 2.20. The Hall–Kier alpha value is -0.715. The first-order chi connectivity index (χ1) is 5.54. The second kappa shape index (κ2) is 3.34. The van der Waals surface area contributed by atoms with Gasteiger partial charge in [-0.05, 0) is 11.0 Å². The summed E-state index contributed by atoms with van der Waals surface area (Å²) < 4.78 is 0. The van der Waals surface area contributed by atoms with Crippen molar-refractivity contribution in [3.05, 3.63) is 29.8 Å². The minimum Gasteiger partial charge on any atom is -0.0878 e. The van der Waals surface area contributed by atoms with Crippen LogP contribution in [0, 0.1) is 0 Å². The quantitative estimate of drug-likeness (QED) is 0.551. The van der Waals surface area contributed by atoms with Gasteiger partial charge in [-0.25, -0.2) is 0 Å². The monoisotopic (exact) mass is 159 g/mol. The van der Waals surface area contributed by atoms with Crippen molar-refractivity contribution < 1.29 is 0 Å². The lowest BCUT2D eigenvalue weighted by Gasteiger charge is -2.19. The third-order valence-corrected chi connectivity index (χ3v) is 2.09. The molecule has 1 heteroatoms. The summed E-state index contributed by atoms with van der Waals surface area (Å²) in [6.45, 7) is 8.78. The van der Waals surface area contributed by atoms with E-state index in [1.54, 1.807) is 0 Å². The van der Waals surface area contributed by atoms with Gasteiger partial charge in [0.15, 0.2) is 0 Å². The predicted octanol–water partition coefficient (Wildman–Crippen LogP) is 2.36. The molecule has 0 aliphatic rings. The first-order valence-corrected chi connectivity index (χ1v) is 4.44. The van der Waals surface area contributed by atoms with Crippen molar-refractivity contribution in [2.24, 2.45) is 0 Å². The van der Waals surface area contributed by atoms with Gasteiger partial charge in [0.1, 0.15) is 7.28 Å². The fraction of sp³-hybridized carbons (Fsp3) is 0.455. The maximum Gasteiger partial charge on any atom is 0.148 e. The Balaban J connectivity index is 3.02. The van der Waals surface area contributed by atoms with Crippen LogP contribution in [-0.2, 0) is 5.41 Å². The molecular formula is C11H16B. The maximum absolute atomic E-state index is 2.25. The van der Waals surface area contributed by atoms with E-state index >= 15 is 0 Å². The molecular weight excluding hydrogens is 143 g/mol. The minimum absolute atomic E-state index is 0.263. The van der Waals surface area contributed by atoms with Gasteiger partial charge in [0.05, 0.1) is 0 Å². The molecule has 1 aromatic carbocycles. The number of rotatable bonds is 1. The summed E-state index contributed by atoms with van der Waals surface area (Å²) in [6.07, 6.45) is 0. The van der Waals surface area contributed by atoms with Crippen molar-refractivity contribution >= 4 is 12.7 Å². The van der Waals surface area contributed by atoms with Gasteiger partial charge in [0.25, 0.3) is 0 Å². The first kappa shape index (κ1) is 9.37. The van der Waals surface area contributed by atoms with Gasteiger partial charge in [-0.3, -0.25) is 0 Å². The summed E-state index contributed by atoms with van der Waals surface area (Å²) in [6, 6.07) is 8.69. The molecule has 0 fully saturated rings. The lowest BCUT2D eigenvalue weighted by atomic mass is 9.71. The largest absolute Gasteiger partial charge is 0.148 e. The molecule has 0 nitrogen and oxygen atoms in total. The van der Waals surface area contributed by atoms with Crippen molar-refractivity contribution in [3.8, 4) is 0 Å².